The fraction of sp³-hybridized carbons (Fsp3) is 0.167. The van der Waals surface area contributed by atoms with Crippen LogP contribution in [-0.4, -0.2) is 15.6 Å². The Balaban J connectivity index is 2.68. The molecule has 1 aromatic heterocycles. The fourth-order valence-electron chi connectivity index (χ4n) is 1.71. The number of carbonyl (C=O) groups is 1. The maximum atomic E-state index is 13.5. The van der Waals surface area contributed by atoms with E-state index in [0.717, 1.165) is 10.7 Å². The summed E-state index contributed by atoms with van der Waals surface area (Å²) < 4.78 is 67.1. The summed E-state index contributed by atoms with van der Waals surface area (Å²) in [5.41, 5.74) is -1.76. The lowest BCUT2D eigenvalue weighted by atomic mass is 10.1. The van der Waals surface area contributed by atoms with Gasteiger partial charge in [-0.05, 0) is 13.0 Å². The van der Waals surface area contributed by atoms with E-state index in [1.165, 1.54) is 6.20 Å². The van der Waals surface area contributed by atoms with E-state index in [0.29, 0.717) is 0 Å². The molecule has 0 aliphatic heterocycles. The molecule has 1 heterocycles. The summed E-state index contributed by atoms with van der Waals surface area (Å²) in [4.78, 5) is 11.9. The number of nitrogens with zero attached hydrogens (tertiary/aromatic N) is 2. The second kappa shape index (κ2) is 5.03. The number of aryl methyl sites for hydroxylation is 1. The average molecular weight is 290 g/mol. The Morgan fingerprint density at radius 2 is 1.55 bits per heavy atom. The Bertz CT molecular complexity index is 666. The quantitative estimate of drug-likeness (QED) is 0.377. The van der Waals surface area contributed by atoms with Crippen molar-refractivity contribution in [3.05, 3.63) is 52.6 Å². The highest BCUT2D eigenvalue weighted by Gasteiger charge is 2.31. The van der Waals surface area contributed by atoms with Gasteiger partial charge in [0.15, 0.2) is 23.3 Å². The van der Waals surface area contributed by atoms with Gasteiger partial charge in [0.1, 0.15) is 11.3 Å². The van der Waals surface area contributed by atoms with Gasteiger partial charge in [-0.25, -0.2) is 22.0 Å². The molecule has 0 fully saturated rings. The van der Waals surface area contributed by atoms with Gasteiger partial charge in [0.2, 0.25) is 11.6 Å². The van der Waals surface area contributed by atoms with Gasteiger partial charge in [-0.2, -0.15) is 5.10 Å². The molecule has 0 saturated heterocycles. The first-order valence-electron chi connectivity index (χ1n) is 5.48. The monoisotopic (exact) mass is 290 g/mol. The van der Waals surface area contributed by atoms with Crippen molar-refractivity contribution in [3.8, 4) is 0 Å². The summed E-state index contributed by atoms with van der Waals surface area (Å²) in [5, 5.41) is 3.69. The van der Waals surface area contributed by atoms with Gasteiger partial charge in [-0.15, -0.1) is 0 Å². The van der Waals surface area contributed by atoms with E-state index in [-0.39, 0.29) is 12.2 Å². The third kappa shape index (κ3) is 1.97. The molecule has 3 nitrogen and oxygen atoms in total. The summed E-state index contributed by atoms with van der Waals surface area (Å²) >= 11 is 0. The fourth-order valence-corrected chi connectivity index (χ4v) is 1.71. The third-order valence-electron chi connectivity index (χ3n) is 2.69. The maximum absolute atomic E-state index is 13.5. The van der Waals surface area contributed by atoms with Gasteiger partial charge in [0.25, 0.3) is 0 Å². The van der Waals surface area contributed by atoms with Crippen LogP contribution in [0.4, 0.5) is 22.0 Å². The number of halogens is 5. The van der Waals surface area contributed by atoms with Gasteiger partial charge in [-0.3, -0.25) is 9.48 Å². The summed E-state index contributed by atoms with van der Waals surface area (Å²) in [7, 11) is 0. The Morgan fingerprint density at radius 1 is 1.05 bits per heavy atom. The van der Waals surface area contributed by atoms with Crippen molar-refractivity contribution < 1.29 is 26.7 Å². The zero-order valence-corrected chi connectivity index (χ0v) is 10.1. The van der Waals surface area contributed by atoms with Crippen LogP contribution >= 0.6 is 0 Å². The van der Waals surface area contributed by atoms with E-state index in [2.05, 4.69) is 5.10 Å². The second-order valence-electron chi connectivity index (χ2n) is 3.81. The lowest BCUT2D eigenvalue weighted by Crippen LogP contribution is -2.17. The van der Waals surface area contributed by atoms with Crippen molar-refractivity contribution in [2.24, 2.45) is 0 Å². The molecule has 0 atom stereocenters. The molecule has 0 bridgehead atoms. The molecular formula is C12H7F5N2O. The molecule has 0 saturated carbocycles. The second-order valence-corrected chi connectivity index (χ2v) is 3.81. The largest absolute Gasteiger partial charge is 0.287 e. The summed E-state index contributed by atoms with van der Waals surface area (Å²) in [6.45, 7) is 1.80. The minimum Gasteiger partial charge on any atom is -0.287 e. The molecule has 2 aromatic rings. The van der Waals surface area contributed by atoms with Crippen LogP contribution in [0, 0.1) is 29.1 Å². The van der Waals surface area contributed by atoms with Gasteiger partial charge in [0.05, 0.1) is 0 Å². The number of hydrogen-bond donors (Lipinski definition) is 0. The molecule has 0 aliphatic carbocycles. The Labute approximate surface area is 109 Å². The zero-order chi connectivity index (χ0) is 15.0. The topological polar surface area (TPSA) is 34.9 Å². The molecule has 0 amide bonds. The van der Waals surface area contributed by atoms with Crippen LogP contribution in [-0.2, 0) is 6.54 Å². The first-order chi connectivity index (χ1) is 9.40. The molecular weight excluding hydrogens is 283 g/mol. The first kappa shape index (κ1) is 14.2. The van der Waals surface area contributed by atoms with Crippen LogP contribution in [0.25, 0.3) is 0 Å². The number of carbonyl (C=O) groups excluding carboxylic acids is 1. The molecule has 0 spiro atoms. The number of rotatable bonds is 3. The number of hydrogen-bond acceptors (Lipinski definition) is 2. The SMILES string of the molecule is CCn1nccc1C(=O)c1c(F)c(F)c(F)c(F)c1F. The van der Waals surface area contributed by atoms with E-state index in [9.17, 15) is 26.7 Å². The smallest absolute Gasteiger partial charge is 0.217 e. The highest BCUT2D eigenvalue weighted by Crippen LogP contribution is 2.25. The molecule has 2 rings (SSSR count). The molecule has 0 N–H and O–H groups in total. The van der Waals surface area contributed by atoms with Crippen LogP contribution in [0.3, 0.4) is 0 Å². The average Bonchev–Trinajstić information content (AvgIpc) is 2.91. The molecule has 0 aliphatic rings. The highest BCUT2D eigenvalue weighted by atomic mass is 19.2. The molecule has 20 heavy (non-hydrogen) atoms. The lowest BCUT2D eigenvalue weighted by molar-refractivity contribution is 0.101. The number of benzene rings is 1. The minimum atomic E-state index is -2.31. The molecule has 8 heteroatoms. The molecule has 1 aromatic carbocycles. The van der Waals surface area contributed by atoms with E-state index in [1.54, 1.807) is 6.92 Å². The van der Waals surface area contributed by atoms with E-state index < -0.39 is 40.4 Å². The van der Waals surface area contributed by atoms with Crippen LogP contribution < -0.4 is 0 Å². The van der Waals surface area contributed by atoms with Crippen LogP contribution in [0.5, 0.6) is 0 Å². The van der Waals surface area contributed by atoms with Crippen molar-refractivity contribution in [2.75, 3.05) is 0 Å². The normalized spacial score (nSPS) is 10.9. The molecule has 0 unspecified atom stereocenters. The Hall–Kier alpha value is -2.25. The molecule has 0 radical (unpaired) electrons. The Kier molecular flexibility index (Phi) is 3.56. The summed E-state index contributed by atoms with van der Waals surface area (Å²) in [5.74, 6) is -12.3. The van der Waals surface area contributed by atoms with Gasteiger partial charge in [0, 0.05) is 12.7 Å². The molecule has 106 valence electrons. The number of aromatic nitrogens is 2. The summed E-state index contributed by atoms with van der Waals surface area (Å²) in [6, 6.07) is 1.13. The predicted molar refractivity (Wildman–Crippen MR) is 57.6 cm³/mol. The van der Waals surface area contributed by atoms with Gasteiger partial charge in [-0.1, -0.05) is 0 Å². The van der Waals surface area contributed by atoms with Gasteiger partial charge >= 0.3 is 0 Å². The third-order valence-corrected chi connectivity index (χ3v) is 2.69. The van der Waals surface area contributed by atoms with E-state index in [1.807, 2.05) is 0 Å². The highest BCUT2D eigenvalue weighted by molar-refractivity contribution is 6.08. The van der Waals surface area contributed by atoms with E-state index >= 15 is 0 Å². The van der Waals surface area contributed by atoms with Crippen LogP contribution in [0.1, 0.15) is 23.0 Å². The maximum Gasteiger partial charge on any atom is 0.217 e. The van der Waals surface area contributed by atoms with Crippen LogP contribution in [0.2, 0.25) is 0 Å². The minimum absolute atomic E-state index is 0.198. The van der Waals surface area contributed by atoms with E-state index in [4.69, 9.17) is 0 Å². The van der Waals surface area contributed by atoms with Crippen LogP contribution in [0.15, 0.2) is 12.3 Å². The summed E-state index contributed by atoms with van der Waals surface area (Å²) in [6.07, 6.45) is 1.18. The lowest BCUT2D eigenvalue weighted by Gasteiger charge is -2.08. The van der Waals surface area contributed by atoms with Crippen molar-refractivity contribution >= 4 is 5.78 Å². The van der Waals surface area contributed by atoms with Gasteiger partial charge < -0.3 is 0 Å². The zero-order valence-electron chi connectivity index (χ0n) is 10.1. The van der Waals surface area contributed by atoms with Crippen molar-refractivity contribution in [1.29, 1.82) is 0 Å². The standard InChI is InChI=1S/C12H7F5N2O/c1-2-19-5(3-4-18-19)12(20)6-7(13)9(15)11(17)10(16)8(6)14/h3-4H,2H2,1H3. The van der Waals surface area contributed by atoms with Crippen molar-refractivity contribution in [2.45, 2.75) is 13.5 Å². The first-order valence-corrected chi connectivity index (χ1v) is 5.48. The van der Waals surface area contributed by atoms with Crippen molar-refractivity contribution in [3.63, 3.8) is 0 Å². The predicted octanol–water partition coefficient (Wildman–Crippen LogP) is 2.83. The van der Waals surface area contributed by atoms with Crippen molar-refractivity contribution in [1.82, 2.24) is 9.78 Å². The number of ketones is 1. The Morgan fingerprint density at radius 3 is 2.05 bits per heavy atom.